The molecule has 0 radical (unpaired) electrons. The van der Waals surface area contributed by atoms with E-state index in [-0.39, 0.29) is 171 Å². The number of carbonyl (C=O) groups is 10. The summed E-state index contributed by atoms with van der Waals surface area (Å²) in [4.78, 5) is 130. The van der Waals surface area contributed by atoms with Crippen molar-refractivity contribution in [3.05, 3.63) is 58.7 Å². The lowest BCUT2D eigenvalue weighted by molar-refractivity contribution is -0.271. The van der Waals surface area contributed by atoms with Crippen LogP contribution in [0.5, 0.6) is 11.5 Å². The first-order valence-electron chi connectivity index (χ1n) is 32.0. The maximum atomic E-state index is 13.7. The molecule has 0 aromatic heterocycles. The highest BCUT2D eigenvalue weighted by Gasteiger charge is 2.48. The molecule has 2 aromatic carbocycles. The van der Waals surface area contributed by atoms with E-state index in [0.29, 0.717) is 56.1 Å². The normalized spacial score (nSPS) is 20.9. The van der Waals surface area contributed by atoms with E-state index < -0.39 is 114 Å². The Labute approximate surface area is 560 Å². The van der Waals surface area contributed by atoms with Crippen molar-refractivity contribution in [2.45, 2.75) is 179 Å². The molecule has 0 spiro atoms. The topological polar surface area (TPSA) is 496 Å². The molecule has 2 aliphatic rings. The van der Waals surface area contributed by atoms with Gasteiger partial charge in [-0.3, -0.25) is 43.2 Å². The number of nitrogens with one attached hydrogen (secondary N) is 3. The van der Waals surface area contributed by atoms with Gasteiger partial charge in [0.05, 0.1) is 57.4 Å². The second-order valence-electron chi connectivity index (χ2n) is 23.1. The van der Waals surface area contributed by atoms with E-state index in [1.165, 1.54) is 44.2 Å². The van der Waals surface area contributed by atoms with Crippen LogP contribution in [-0.2, 0) is 94.3 Å². The van der Waals surface area contributed by atoms with Crippen LogP contribution in [0, 0.1) is 11.8 Å². The molecule has 2 saturated heterocycles. The molecule has 12 atom stereocenters. The zero-order valence-corrected chi connectivity index (χ0v) is 54.7. The van der Waals surface area contributed by atoms with E-state index in [1.807, 2.05) is 0 Å². The van der Waals surface area contributed by atoms with Gasteiger partial charge >= 0.3 is 23.9 Å². The van der Waals surface area contributed by atoms with Gasteiger partial charge in [0.1, 0.15) is 74.6 Å². The summed E-state index contributed by atoms with van der Waals surface area (Å²) in [6.45, 7) is 3.41. The maximum absolute atomic E-state index is 13.7. The van der Waals surface area contributed by atoms with Crippen molar-refractivity contribution in [3.63, 3.8) is 0 Å². The number of carbonyl (C=O) groups excluding carboxylic acids is 8. The molecule has 0 aliphatic carbocycles. The summed E-state index contributed by atoms with van der Waals surface area (Å²) < 4.78 is 54.1. The second-order valence-corrected chi connectivity index (χ2v) is 23.1. The Balaban J connectivity index is 1.15. The van der Waals surface area contributed by atoms with Crippen LogP contribution in [0.1, 0.15) is 136 Å². The van der Waals surface area contributed by atoms with E-state index in [2.05, 4.69) is 16.0 Å². The Morgan fingerprint density at radius 1 is 0.577 bits per heavy atom. The van der Waals surface area contributed by atoms with Crippen molar-refractivity contribution >= 4 is 58.9 Å². The maximum Gasteiger partial charge on any atom is 0.335 e. The van der Waals surface area contributed by atoms with Crippen LogP contribution >= 0.6 is 0 Å². The number of benzene rings is 2. The summed E-state index contributed by atoms with van der Waals surface area (Å²) >= 11 is 0. The fraction of sp³-hybridized carbons (Fsp3) is 0.656. The van der Waals surface area contributed by atoms with E-state index >= 15 is 0 Å². The van der Waals surface area contributed by atoms with Crippen LogP contribution in [0.15, 0.2) is 36.4 Å². The Morgan fingerprint density at radius 3 is 1.74 bits per heavy atom. The largest absolute Gasteiger partial charge is 0.481 e. The summed E-state index contributed by atoms with van der Waals surface area (Å²) in [6, 6.07) is 8.08. The number of unbranched alkanes of at least 4 members (excludes halogenated alkanes) is 2. The average molecular weight is 1380 g/mol. The number of aliphatic hydroxyl groups excluding tert-OH is 6. The third kappa shape index (κ3) is 30.2. The highest BCUT2D eigenvalue weighted by molar-refractivity contribution is 5.99. The minimum atomic E-state index is -1.98. The van der Waals surface area contributed by atoms with Crippen molar-refractivity contribution in [2.75, 3.05) is 79.2 Å². The monoisotopic (exact) mass is 1380 g/mol. The number of Topliss-reactive ketones (excluding diaryl/α,β-unsaturated/α-hetero) is 3. The van der Waals surface area contributed by atoms with E-state index in [0.717, 1.165) is 0 Å². The van der Waals surface area contributed by atoms with E-state index in [9.17, 15) is 88.8 Å². The third-order valence-corrected chi connectivity index (χ3v) is 15.3. The summed E-state index contributed by atoms with van der Waals surface area (Å²) in [7, 11) is 0. The number of aliphatic carboxylic acids is 2. The van der Waals surface area contributed by atoms with Gasteiger partial charge in [0, 0.05) is 77.1 Å². The van der Waals surface area contributed by atoms with E-state index in [1.54, 1.807) is 13.0 Å². The van der Waals surface area contributed by atoms with Crippen LogP contribution < -0.4 is 31.3 Å². The van der Waals surface area contributed by atoms with Gasteiger partial charge in [0.25, 0.3) is 5.91 Å². The molecule has 2 aliphatic heterocycles. The lowest BCUT2D eigenvalue weighted by Crippen LogP contribution is -2.61. The average Bonchev–Trinajstić information content (AvgIpc) is 0.809. The number of aliphatic hydroxyl groups is 6. The van der Waals surface area contributed by atoms with Crippen LogP contribution in [0.25, 0.3) is 0 Å². The zero-order valence-electron chi connectivity index (χ0n) is 54.7. The Bertz CT molecular complexity index is 2850. The number of hydrogen-bond acceptors (Lipinski definition) is 28. The number of nitrogens with two attached hydrogens (primary N) is 1. The van der Waals surface area contributed by atoms with Gasteiger partial charge < -0.3 is 109 Å². The first kappa shape index (κ1) is 82.2. The number of ketones is 3. The van der Waals surface area contributed by atoms with Crippen LogP contribution in [0.4, 0.5) is 0 Å². The van der Waals surface area contributed by atoms with Gasteiger partial charge in [-0.2, -0.15) is 0 Å². The lowest BCUT2D eigenvalue weighted by Gasteiger charge is -2.38. The minimum absolute atomic E-state index is 0.00926. The third-order valence-electron chi connectivity index (χ3n) is 15.3. The predicted octanol–water partition coefficient (Wildman–Crippen LogP) is -0.382. The minimum Gasteiger partial charge on any atom is -0.481 e. The quantitative estimate of drug-likeness (QED) is 0.0174. The fourth-order valence-corrected chi connectivity index (χ4v) is 9.97. The molecule has 0 saturated carbocycles. The van der Waals surface area contributed by atoms with Gasteiger partial charge in [-0.25, -0.2) is 10.7 Å². The molecule has 0 bridgehead atoms. The van der Waals surface area contributed by atoms with Gasteiger partial charge in [-0.1, -0.05) is 19.1 Å². The number of rotatable bonds is 49. The molecule has 2 heterocycles. The van der Waals surface area contributed by atoms with E-state index in [4.69, 9.17) is 58.1 Å². The molecular formula is C64H94N4O29. The molecule has 33 nitrogen and oxygen atoms in total. The molecule has 3 amide bonds. The molecule has 2 fully saturated rings. The predicted molar refractivity (Wildman–Crippen MR) is 333 cm³/mol. The molecule has 4 rings (SSSR count). The Morgan fingerprint density at radius 2 is 1.14 bits per heavy atom. The standard InChI is InChI=1S/C64H94N4O29/c1-4-41(30-44(71)34-90-27-25-88-23-20-67-61(84)47-29-40(33-92-38(3)70)14-17-51(47)96-64-57(81)54(78)55(79)58(97-64)62(85)86)59(82)66-19-7-5-10-43(11-6-8-22-94-65)68-60(83)42(15-18-52(75)76)31-45(72)35-89-26-24-87-21-9-12-48(73)46-28-39(32-91-37(2)69)13-16-50(46)95-63-56(80)53(77)49(74)36-93-63/h13-14,16-17,28-29,41-43,49,53-58,63-64,74,77-81H,4-12,15,18-27,30-36,65H2,1-3H3,(H,66,82)(H,67,84)(H,68,83)(H,75,76)(H,85,86)/t41-,42-,43+,49+,53-,54-,55-,56+,57+,58-,63-,64+/m0/s1. The Hall–Kier alpha value is -7.22. The van der Waals surface area contributed by atoms with Crippen molar-refractivity contribution in [2.24, 2.45) is 17.7 Å². The highest BCUT2D eigenvalue weighted by Crippen LogP contribution is 2.30. The first-order chi connectivity index (χ1) is 46.3. The SMILES string of the molecule is CC[C@@H](CC(=O)COCCOCCNC(=O)c1cc(COC(C)=O)ccc1O[C@@H]1O[C@H](C(=O)O)[C@@H](O)[C@H](O)[C@H]1O)C(=O)NCCCC[C@H](CCCCON)NC(=O)[C@@H](CCC(=O)O)CC(=O)COCCOCCCC(=O)c1cc(COC(C)=O)ccc1O[C@@H]1OC[C@@H](O)[C@H](O)[C@H]1O. The molecule has 544 valence electrons. The van der Waals surface area contributed by atoms with Gasteiger partial charge in [0.15, 0.2) is 23.5 Å². The molecule has 33 heteroatoms. The van der Waals surface area contributed by atoms with Crippen molar-refractivity contribution in [1.82, 2.24) is 16.0 Å². The summed E-state index contributed by atoms with van der Waals surface area (Å²) in [6.07, 6.45) is -12.7. The molecule has 97 heavy (non-hydrogen) atoms. The lowest BCUT2D eigenvalue weighted by atomic mass is 9.94. The number of hydrogen-bond donors (Lipinski definition) is 12. The number of ether oxygens (including phenoxy) is 10. The summed E-state index contributed by atoms with van der Waals surface area (Å²) in [5.41, 5.74) is 0.762. The summed E-state index contributed by atoms with van der Waals surface area (Å²) in [5.74, 6) is -3.28. The number of carboxylic acid groups (broad SMARTS) is 2. The number of esters is 2. The number of carboxylic acids is 2. The van der Waals surface area contributed by atoms with Crippen molar-refractivity contribution in [3.8, 4) is 11.5 Å². The van der Waals surface area contributed by atoms with Gasteiger partial charge in [0.2, 0.25) is 24.4 Å². The molecule has 13 N–H and O–H groups in total. The number of amides is 3. The van der Waals surface area contributed by atoms with Gasteiger partial charge in [-0.15, -0.1) is 0 Å². The van der Waals surface area contributed by atoms with Crippen LogP contribution in [0.3, 0.4) is 0 Å². The van der Waals surface area contributed by atoms with Crippen LogP contribution in [-0.4, -0.2) is 240 Å². The highest BCUT2D eigenvalue weighted by atomic mass is 16.7. The molecule has 2 aromatic rings. The van der Waals surface area contributed by atoms with Crippen molar-refractivity contribution < 1.29 is 141 Å². The van der Waals surface area contributed by atoms with Crippen LogP contribution in [0.2, 0.25) is 0 Å². The Kier molecular flexibility index (Phi) is 37.8. The second kappa shape index (κ2) is 44.6. The smallest absolute Gasteiger partial charge is 0.335 e. The summed E-state index contributed by atoms with van der Waals surface area (Å²) in [5, 5.41) is 88.4. The first-order valence-corrected chi connectivity index (χ1v) is 32.0. The van der Waals surface area contributed by atoms with Gasteiger partial charge in [-0.05, 0) is 93.2 Å². The van der Waals surface area contributed by atoms with Crippen molar-refractivity contribution in [1.29, 1.82) is 0 Å². The molecular weight excluding hydrogens is 1290 g/mol. The fourth-order valence-electron chi connectivity index (χ4n) is 9.97. The molecule has 0 unspecified atom stereocenters. The zero-order chi connectivity index (χ0) is 71.4.